The summed E-state index contributed by atoms with van der Waals surface area (Å²) in [5.74, 6) is 1.12. The second-order valence-corrected chi connectivity index (χ2v) is 10.5. The molecule has 2 aliphatic heterocycles. The Bertz CT molecular complexity index is 1390. The van der Waals surface area contributed by atoms with Gasteiger partial charge in [-0.2, -0.15) is 14.6 Å². The second-order valence-electron chi connectivity index (χ2n) is 9.33. The molecule has 2 aliphatic rings. The largest absolute Gasteiger partial charge is 0.368 e. The Balaban J connectivity index is 1.24. The summed E-state index contributed by atoms with van der Waals surface area (Å²) in [4.78, 5) is 22.9. The molecule has 0 radical (unpaired) electrons. The maximum atomic E-state index is 6.22. The molecule has 0 aromatic carbocycles. The number of pyridine rings is 1. The van der Waals surface area contributed by atoms with Crippen LogP contribution in [-0.2, 0) is 13.0 Å². The monoisotopic (exact) mass is 510 g/mol. The SMILES string of the molecule is Cc1csc2c(-n3nc(Nc4cnc5c(c4)CN(C4CCN(C)CC4)CC5)nc3N)nc(Cl)nc12. The van der Waals surface area contributed by atoms with Gasteiger partial charge in [0.25, 0.3) is 0 Å². The summed E-state index contributed by atoms with van der Waals surface area (Å²) in [7, 11) is 2.20. The Kier molecular flexibility index (Phi) is 5.79. The van der Waals surface area contributed by atoms with E-state index in [1.807, 2.05) is 18.5 Å². The van der Waals surface area contributed by atoms with E-state index in [-0.39, 0.29) is 11.2 Å². The van der Waals surface area contributed by atoms with Gasteiger partial charge in [-0.15, -0.1) is 16.4 Å². The molecule has 1 fully saturated rings. The van der Waals surface area contributed by atoms with Crippen LogP contribution >= 0.6 is 22.9 Å². The molecule has 6 rings (SSSR count). The van der Waals surface area contributed by atoms with Crippen molar-refractivity contribution in [3.8, 4) is 5.82 Å². The van der Waals surface area contributed by atoms with Gasteiger partial charge in [-0.3, -0.25) is 9.88 Å². The van der Waals surface area contributed by atoms with Crippen molar-refractivity contribution in [2.75, 3.05) is 37.7 Å². The Morgan fingerprint density at radius 1 is 1.17 bits per heavy atom. The van der Waals surface area contributed by atoms with Gasteiger partial charge in [0.15, 0.2) is 5.82 Å². The number of anilines is 3. The Morgan fingerprint density at radius 2 is 2.00 bits per heavy atom. The molecule has 10 nitrogen and oxygen atoms in total. The number of hydrogen-bond donors (Lipinski definition) is 2. The van der Waals surface area contributed by atoms with Gasteiger partial charge in [0.2, 0.25) is 17.2 Å². The topological polar surface area (TPSA) is 114 Å². The lowest BCUT2D eigenvalue weighted by atomic mass is 9.98. The van der Waals surface area contributed by atoms with Crippen molar-refractivity contribution in [1.29, 1.82) is 0 Å². The molecule has 3 N–H and O–H groups in total. The van der Waals surface area contributed by atoms with Gasteiger partial charge in [0.1, 0.15) is 0 Å². The van der Waals surface area contributed by atoms with Gasteiger partial charge >= 0.3 is 0 Å². The minimum absolute atomic E-state index is 0.145. The molecule has 0 saturated carbocycles. The van der Waals surface area contributed by atoms with Crippen molar-refractivity contribution in [2.24, 2.45) is 0 Å². The van der Waals surface area contributed by atoms with Gasteiger partial charge < -0.3 is 16.0 Å². The van der Waals surface area contributed by atoms with Crippen molar-refractivity contribution in [2.45, 2.75) is 38.8 Å². The normalized spacial score (nSPS) is 17.7. The summed E-state index contributed by atoms with van der Waals surface area (Å²) in [6.07, 6.45) is 5.26. The minimum Gasteiger partial charge on any atom is -0.368 e. The Hall–Kier alpha value is -2.86. The van der Waals surface area contributed by atoms with E-state index in [0.717, 1.165) is 41.0 Å². The molecule has 12 heteroatoms. The minimum atomic E-state index is 0.145. The van der Waals surface area contributed by atoms with E-state index in [1.54, 1.807) is 0 Å². The summed E-state index contributed by atoms with van der Waals surface area (Å²) in [5.41, 5.74) is 11.3. The van der Waals surface area contributed by atoms with Crippen LogP contribution in [0.2, 0.25) is 5.28 Å². The summed E-state index contributed by atoms with van der Waals surface area (Å²) in [5, 5.41) is 9.99. The lowest BCUT2D eigenvalue weighted by Crippen LogP contribution is -2.45. The van der Waals surface area contributed by atoms with E-state index in [4.69, 9.17) is 22.3 Å². The van der Waals surface area contributed by atoms with Crippen molar-refractivity contribution >= 4 is 50.7 Å². The molecule has 0 bridgehead atoms. The summed E-state index contributed by atoms with van der Waals surface area (Å²) >= 11 is 7.71. The number of fused-ring (bicyclic) bond motifs is 2. The standard InChI is InChI=1S/C23H27ClN10S/c1-13-12-35-19-18(13)28-21(24)29-20(19)34-22(25)30-23(31-34)27-15-9-14-11-33(8-5-17(14)26-10-15)16-3-6-32(2)7-4-16/h9-10,12,16H,3-8,11H2,1-2H3,(H3,25,27,30,31). The van der Waals surface area contributed by atoms with Crippen LogP contribution in [0.25, 0.3) is 16.0 Å². The van der Waals surface area contributed by atoms with Crippen molar-refractivity contribution < 1.29 is 0 Å². The Morgan fingerprint density at radius 3 is 2.83 bits per heavy atom. The van der Waals surface area contributed by atoms with Crippen LogP contribution in [-0.4, -0.2) is 72.2 Å². The van der Waals surface area contributed by atoms with Crippen LogP contribution < -0.4 is 11.1 Å². The first-order chi connectivity index (χ1) is 16.9. The highest BCUT2D eigenvalue weighted by atomic mass is 35.5. The van der Waals surface area contributed by atoms with Crippen LogP contribution in [0.3, 0.4) is 0 Å². The van der Waals surface area contributed by atoms with Crippen LogP contribution in [0.15, 0.2) is 17.6 Å². The van der Waals surface area contributed by atoms with Crippen molar-refractivity contribution in [3.63, 3.8) is 0 Å². The number of rotatable bonds is 4. The van der Waals surface area contributed by atoms with Crippen LogP contribution in [0.1, 0.15) is 29.7 Å². The number of nitrogens with two attached hydrogens (primary N) is 1. The first-order valence-electron chi connectivity index (χ1n) is 11.8. The highest BCUT2D eigenvalue weighted by molar-refractivity contribution is 7.17. The van der Waals surface area contributed by atoms with E-state index in [2.05, 4.69) is 48.3 Å². The lowest BCUT2D eigenvalue weighted by molar-refractivity contribution is 0.109. The third kappa shape index (κ3) is 4.33. The van der Waals surface area contributed by atoms with Gasteiger partial charge in [-0.05, 0) is 74.1 Å². The molecule has 0 atom stereocenters. The number of likely N-dealkylation sites (tertiary alicyclic amines) is 1. The van der Waals surface area contributed by atoms with E-state index in [9.17, 15) is 0 Å². The van der Waals surface area contributed by atoms with Crippen LogP contribution in [0.5, 0.6) is 0 Å². The number of aryl methyl sites for hydroxylation is 1. The van der Waals surface area contributed by atoms with E-state index >= 15 is 0 Å². The van der Waals surface area contributed by atoms with Gasteiger partial charge in [0, 0.05) is 31.2 Å². The maximum Gasteiger partial charge on any atom is 0.248 e. The fraction of sp³-hybridized carbons (Fsp3) is 0.435. The average molecular weight is 511 g/mol. The maximum absolute atomic E-state index is 6.22. The van der Waals surface area contributed by atoms with Crippen molar-refractivity contribution in [1.82, 2.24) is 39.5 Å². The molecule has 0 amide bonds. The molecule has 4 aromatic heterocycles. The smallest absolute Gasteiger partial charge is 0.248 e. The van der Waals surface area contributed by atoms with E-state index < -0.39 is 0 Å². The number of halogens is 1. The zero-order valence-electron chi connectivity index (χ0n) is 19.7. The fourth-order valence-corrected chi connectivity index (χ4v) is 6.11. The molecular weight excluding hydrogens is 484 g/mol. The number of hydrogen-bond acceptors (Lipinski definition) is 10. The first kappa shape index (κ1) is 22.6. The molecule has 35 heavy (non-hydrogen) atoms. The summed E-state index contributed by atoms with van der Waals surface area (Å²) < 4.78 is 2.36. The quantitative estimate of drug-likeness (QED) is 0.398. The van der Waals surface area contributed by atoms with Crippen LogP contribution in [0, 0.1) is 6.92 Å². The summed E-state index contributed by atoms with van der Waals surface area (Å²) in [6.45, 7) is 6.31. The molecule has 1 saturated heterocycles. The third-order valence-corrected chi connectivity index (χ3v) is 8.16. The van der Waals surface area contributed by atoms with Gasteiger partial charge in [-0.1, -0.05) is 0 Å². The zero-order chi connectivity index (χ0) is 24.1. The van der Waals surface area contributed by atoms with Crippen molar-refractivity contribution in [3.05, 3.63) is 39.7 Å². The average Bonchev–Trinajstić information content (AvgIpc) is 3.40. The first-order valence-corrected chi connectivity index (χ1v) is 13.0. The zero-order valence-corrected chi connectivity index (χ0v) is 21.3. The number of nitrogens with zero attached hydrogens (tertiary/aromatic N) is 8. The molecule has 182 valence electrons. The fourth-order valence-electron chi connectivity index (χ4n) is 4.98. The molecular formula is C23H27ClN10S. The number of aromatic nitrogens is 6. The molecule has 4 aromatic rings. The van der Waals surface area contributed by atoms with Gasteiger partial charge in [-0.25, -0.2) is 4.98 Å². The lowest BCUT2D eigenvalue weighted by Gasteiger charge is -2.39. The molecule has 0 aliphatic carbocycles. The number of thiophene rings is 1. The third-order valence-electron chi connectivity index (χ3n) is 6.91. The van der Waals surface area contributed by atoms with Crippen LogP contribution in [0.4, 0.5) is 17.6 Å². The number of piperidine rings is 1. The van der Waals surface area contributed by atoms with E-state index in [1.165, 1.54) is 53.2 Å². The predicted octanol–water partition coefficient (Wildman–Crippen LogP) is 3.41. The summed E-state index contributed by atoms with van der Waals surface area (Å²) in [6, 6.07) is 2.80. The predicted molar refractivity (Wildman–Crippen MR) is 139 cm³/mol. The molecule has 0 spiro atoms. The second kappa shape index (κ2) is 8.98. The van der Waals surface area contributed by atoms with Gasteiger partial charge in [0.05, 0.1) is 22.1 Å². The Labute approximate surface area is 212 Å². The molecule has 6 heterocycles. The number of nitrogens with one attached hydrogen (secondary N) is 1. The molecule has 0 unspecified atom stereocenters. The highest BCUT2D eigenvalue weighted by Gasteiger charge is 2.27. The highest BCUT2D eigenvalue weighted by Crippen LogP contribution is 2.31. The van der Waals surface area contributed by atoms with E-state index in [0.29, 0.717) is 17.8 Å². The number of nitrogen functional groups attached to an aromatic ring is 1.